The van der Waals surface area contributed by atoms with Crippen molar-refractivity contribution in [3.63, 3.8) is 0 Å². The fourth-order valence-corrected chi connectivity index (χ4v) is 5.37. The maximum absolute atomic E-state index is 12.0. The highest BCUT2D eigenvalue weighted by molar-refractivity contribution is 6.29. The zero-order valence-electron chi connectivity index (χ0n) is 18.6. The van der Waals surface area contributed by atoms with Crippen molar-refractivity contribution in [2.75, 3.05) is 31.1 Å². The molecule has 1 aliphatic heterocycles. The summed E-state index contributed by atoms with van der Waals surface area (Å²) in [5.41, 5.74) is 6.54. The van der Waals surface area contributed by atoms with Gasteiger partial charge in [-0.05, 0) is 57.0 Å². The van der Waals surface area contributed by atoms with Gasteiger partial charge in [-0.25, -0.2) is 9.37 Å². The molecule has 0 amide bonds. The lowest BCUT2D eigenvalue weighted by molar-refractivity contribution is -0.520. The summed E-state index contributed by atoms with van der Waals surface area (Å²) in [6, 6.07) is 13.7. The first-order valence-electron chi connectivity index (χ1n) is 11.3. The number of anilines is 1. The largest absolute Gasteiger partial charge is 0.478 e. The second-order valence-corrected chi connectivity index (χ2v) is 8.32. The van der Waals surface area contributed by atoms with E-state index in [2.05, 4.69) is 55.4 Å². The summed E-state index contributed by atoms with van der Waals surface area (Å²) in [4.78, 5) is 14.3. The van der Waals surface area contributed by atoms with Gasteiger partial charge in [0.25, 0.3) is 0 Å². The van der Waals surface area contributed by atoms with Gasteiger partial charge in [0, 0.05) is 36.0 Å². The van der Waals surface area contributed by atoms with E-state index in [-0.39, 0.29) is 11.5 Å². The van der Waals surface area contributed by atoms with Gasteiger partial charge in [-0.3, -0.25) is 0 Å². The van der Waals surface area contributed by atoms with E-state index in [9.17, 15) is 9.90 Å². The third-order valence-electron chi connectivity index (χ3n) is 7.02. The molecule has 160 valence electrons. The number of nitrogens with zero attached hydrogens (tertiary/aromatic N) is 2. The molecule has 31 heavy (non-hydrogen) atoms. The summed E-state index contributed by atoms with van der Waals surface area (Å²) in [6.07, 6.45) is 0. The van der Waals surface area contributed by atoms with Crippen molar-refractivity contribution in [3.05, 3.63) is 64.7 Å². The fourth-order valence-electron chi connectivity index (χ4n) is 5.37. The predicted molar refractivity (Wildman–Crippen MR) is 123 cm³/mol. The number of carbonyl (C=O) groups is 1. The van der Waals surface area contributed by atoms with Crippen molar-refractivity contribution in [1.82, 2.24) is 0 Å². The zero-order chi connectivity index (χ0) is 21.9. The van der Waals surface area contributed by atoms with Gasteiger partial charge in [0.1, 0.15) is 24.8 Å². The maximum atomic E-state index is 12.0. The highest BCUT2D eigenvalue weighted by atomic mass is 16.5. The predicted octanol–water partition coefficient (Wildman–Crippen LogP) is 4.30. The first-order chi connectivity index (χ1) is 15.0. The summed E-state index contributed by atoms with van der Waals surface area (Å²) >= 11 is 0. The van der Waals surface area contributed by atoms with E-state index < -0.39 is 5.97 Å². The van der Waals surface area contributed by atoms with E-state index in [1.165, 1.54) is 11.3 Å². The Balaban J connectivity index is 1.71. The second-order valence-electron chi connectivity index (χ2n) is 8.32. The van der Waals surface area contributed by atoms with Gasteiger partial charge in [-0.2, -0.15) is 0 Å². The third kappa shape index (κ3) is 2.62. The number of fused-ring (bicyclic) bond motifs is 2. The molecule has 0 saturated heterocycles. The van der Waals surface area contributed by atoms with Gasteiger partial charge in [-0.15, -0.1) is 0 Å². The minimum Gasteiger partial charge on any atom is -0.478 e. The van der Waals surface area contributed by atoms with Crippen LogP contribution >= 0.6 is 0 Å². The van der Waals surface area contributed by atoms with Crippen LogP contribution in [0.25, 0.3) is 5.57 Å². The minimum atomic E-state index is -0.896. The molecule has 2 saturated carbocycles. The summed E-state index contributed by atoms with van der Waals surface area (Å²) in [5.74, 6) is 0.231. The number of ether oxygens (including phenoxy) is 1. The monoisotopic (exact) mass is 417 g/mol. The van der Waals surface area contributed by atoms with Crippen LogP contribution in [0.15, 0.2) is 48.0 Å². The van der Waals surface area contributed by atoms with Crippen LogP contribution in [0.5, 0.6) is 5.75 Å². The molecule has 2 aliphatic carbocycles. The molecule has 0 radical (unpaired) electrons. The average molecular weight is 418 g/mol. The van der Waals surface area contributed by atoms with Crippen molar-refractivity contribution >= 4 is 22.9 Å². The van der Waals surface area contributed by atoms with E-state index in [1.54, 1.807) is 12.1 Å². The van der Waals surface area contributed by atoms with Crippen LogP contribution in [0, 0.1) is 5.92 Å². The van der Waals surface area contributed by atoms with Crippen LogP contribution in [0.3, 0.4) is 0 Å². The smallest absolute Gasteiger partial charge is 0.336 e. The van der Waals surface area contributed by atoms with Crippen molar-refractivity contribution < 1.29 is 19.2 Å². The lowest BCUT2D eigenvalue weighted by atomic mass is 9.88. The first-order valence-corrected chi connectivity index (χ1v) is 11.3. The van der Waals surface area contributed by atoms with Crippen molar-refractivity contribution in [3.8, 4) is 5.75 Å². The van der Waals surface area contributed by atoms with Crippen LogP contribution < -0.4 is 9.64 Å². The van der Waals surface area contributed by atoms with Gasteiger partial charge in [0.2, 0.25) is 11.3 Å². The van der Waals surface area contributed by atoms with Gasteiger partial charge >= 0.3 is 5.97 Å². The Morgan fingerprint density at radius 1 is 1.06 bits per heavy atom. The zero-order valence-corrected chi connectivity index (χ0v) is 18.6. The highest BCUT2D eigenvalue weighted by Crippen LogP contribution is 2.75. The molecule has 5 rings (SSSR count). The topological polar surface area (TPSA) is 52.8 Å². The van der Waals surface area contributed by atoms with Gasteiger partial charge in [0.05, 0.1) is 5.56 Å². The first kappa shape index (κ1) is 19.9. The molecule has 1 spiro atoms. The van der Waals surface area contributed by atoms with Crippen LogP contribution in [0.4, 0.5) is 5.69 Å². The Bertz CT molecular complexity index is 1150. The number of carboxylic acids is 1. The Kier molecular flexibility index (Phi) is 4.47. The number of benzene rings is 2. The number of carboxylic acid groups (broad SMARTS) is 1. The van der Waals surface area contributed by atoms with Crippen molar-refractivity contribution in [1.29, 1.82) is 0 Å². The molecular formula is C26H29N2O3+. The summed E-state index contributed by atoms with van der Waals surface area (Å²) in [6.45, 7) is 12.4. The van der Waals surface area contributed by atoms with Gasteiger partial charge in [-0.1, -0.05) is 18.2 Å². The summed E-state index contributed by atoms with van der Waals surface area (Å²) in [7, 11) is 0. The molecular weight excluding hydrogens is 388 g/mol. The Morgan fingerprint density at radius 3 is 2.42 bits per heavy atom. The Labute approximate surface area is 183 Å². The normalized spacial score (nSPS) is 22.2. The number of rotatable bonds is 7. The summed E-state index contributed by atoms with van der Waals surface area (Å²) < 4.78 is 9.07. The second kappa shape index (κ2) is 6.98. The maximum Gasteiger partial charge on any atom is 0.336 e. The van der Waals surface area contributed by atoms with Crippen LogP contribution in [0.2, 0.25) is 0 Å². The molecule has 5 nitrogen and oxygen atoms in total. The molecule has 3 aliphatic rings. The van der Waals surface area contributed by atoms with E-state index in [0.29, 0.717) is 5.56 Å². The van der Waals surface area contributed by atoms with E-state index in [0.717, 1.165) is 54.3 Å². The quantitative estimate of drug-likeness (QED) is 0.683. The SMILES string of the molecule is CCN(CC)c1ccc2c(c1)OC13C(=C2c2ccccc2C(=O)O)[C@H]1C3=[N+](CC)CC. The van der Waals surface area contributed by atoms with E-state index >= 15 is 0 Å². The Hall–Kier alpha value is -3.08. The molecule has 1 unspecified atom stereocenters. The molecule has 2 atom stereocenters. The van der Waals surface area contributed by atoms with Gasteiger partial charge < -0.3 is 14.7 Å². The van der Waals surface area contributed by atoms with Crippen molar-refractivity contribution in [2.24, 2.45) is 5.92 Å². The fraction of sp³-hybridized carbons (Fsp3) is 0.385. The number of hydrogen-bond acceptors (Lipinski definition) is 3. The van der Waals surface area contributed by atoms with Crippen LogP contribution in [0.1, 0.15) is 49.2 Å². The summed E-state index contributed by atoms with van der Waals surface area (Å²) in [5, 5.41) is 9.84. The van der Waals surface area contributed by atoms with Crippen molar-refractivity contribution in [2.45, 2.75) is 33.3 Å². The van der Waals surface area contributed by atoms with Crippen LogP contribution in [-0.2, 0) is 0 Å². The molecule has 0 aromatic heterocycles. The Morgan fingerprint density at radius 2 is 1.77 bits per heavy atom. The molecule has 2 aromatic rings. The molecule has 0 bridgehead atoms. The van der Waals surface area contributed by atoms with E-state index in [1.807, 2.05) is 12.1 Å². The standard InChI is InChI=1S/C26H28N2O3/c1-5-27(6-2)16-13-14-19-20(15-16)31-26-22(23(26)24(26)28(7-3)8-4)21(19)17-11-9-10-12-18(17)25(29)30/h9-15,23H,5-8H2,1-4H3/p+1/t23-,26?/m0/s1. The number of aromatic carboxylic acids is 1. The average Bonchev–Trinajstić information content (AvgIpc) is 3.64. The van der Waals surface area contributed by atoms with Crippen LogP contribution in [-0.4, -0.2) is 53.1 Å². The minimum absolute atomic E-state index is 0.272. The lowest BCUT2D eigenvalue weighted by Crippen LogP contribution is -2.29. The lowest BCUT2D eigenvalue weighted by Gasteiger charge is -2.27. The van der Waals surface area contributed by atoms with E-state index in [4.69, 9.17) is 4.74 Å². The molecule has 5 heteroatoms. The molecule has 1 heterocycles. The van der Waals surface area contributed by atoms with Gasteiger partial charge in [0.15, 0.2) is 0 Å². The number of hydrogen-bond donors (Lipinski definition) is 1. The highest BCUT2D eigenvalue weighted by Gasteiger charge is 2.93. The molecule has 2 fully saturated rings. The third-order valence-corrected chi connectivity index (χ3v) is 7.02. The molecule has 1 N–H and O–H groups in total. The molecule has 2 aromatic carbocycles.